The number of carbonyl (C=O) groups excluding carboxylic acids is 3. The summed E-state index contributed by atoms with van der Waals surface area (Å²) in [4.78, 5) is 40.7. The number of hydrogen-bond donors (Lipinski definition) is 2. The van der Waals surface area contributed by atoms with Crippen LogP contribution < -0.4 is 5.32 Å². The molecule has 0 bridgehead atoms. The summed E-state index contributed by atoms with van der Waals surface area (Å²) in [6.45, 7) is 9.12. The first-order valence-corrected chi connectivity index (χ1v) is 10.5. The van der Waals surface area contributed by atoms with E-state index < -0.39 is 17.4 Å². The van der Waals surface area contributed by atoms with Gasteiger partial charge in [0.15, 0.2) is 11.6 Å². The summed E-state index contributed by atoms with van der Waals surface area (Å²) >= 11 is 0. The summed E-state index contributed by atoms with van der Waals surface area (Å²) in [5.74, 6) is -1.66. The van der Waals surface area contributed by atoms with Crippen LogP contribution in [-0.2, 0) is 0 Å². The number of phenolic OH excluding ortho intramolecular Hbond substituents is 1. The molecule has 1 aliphatic carbocycles. The fourth-order valence-corrected chi connectivity index (χ4v) is 3.89. The van der Waals surface area contributed by atoms with Crippen molar-refractivity contribution in [2.24, 2.45) is 0 Å². The van der Waals surface area contributed by atoms with E-state index in [0.29, 0.717) is 5.56 Å². The zero-order valence-electron chi connectivity index (χ0n) is 17.7. The van der Waals surface area contributed by atoms with Gasteiger partial charge in [-0.2, -0.15) is 0 Å². The summed E-state index contributed by atoms with van der Waals surface area (Å²) in [6, 6.07) is 9.29. The lowest BCUT2D eigenvalue weighted by Crippen LogP contribution is -2.34. The zero-order valence-corrected chi connectivity index (χ0v) is 17.7. The molecule has 6 heteroatoms. The summed E-state index contributed by atoms with van der Waals surface area (Å²) in [5, 5.41) is 13.6. The number of rotatable bonds is 8. The average Bonchev–Trinajstić information content (AvgIpc) is 2.74. The minimum absolute atomic E-state index is 0.00451. The molecule has 0 saturated heterocycles. The van der Waals surface area contributed by atoms with E-state index in [0.717, 1.165) is 32.5 Å². The van der Waals surface area contributed by atoms with Gasteiger partial charge in [-0.3, -0.25) is 14.4 Å². The molecule has 158 valence electrons. The number of phenols is 1. The number of carbonyl (C=O) groups is 3. The van der Waals surface area contributed by atoms with Crippen LogP contribution in [0.25, 0.3) is 0 Å². The molecule has 0 spiro atoms. The minimum Gasteiger partial charge on any atom is -0.506 e. The number of amides is 1. The second kappa shape index (κ2) is 9.22. The Morgan fingerprint density at radius 1 is 1.00 bits per heavy atom. The predicted molar refractivity (Wildman–Crippen MR) is 115 cm³/mol. The molecule has 2 aromatic rings. The first-order chi connectivity index (χ1) is 14.4. The first-order valence-electron chi connectivity index (χ1n) is 10.5. The third-order valence-electron chi connectivity index (χ3n) is 5.69. The molecule has 0 aliphatic heterocycles. The second-order valence-electron chi connectivity index (χ2n) is 7.63. The van der Waals surface area contributed by atoms with E-state index in [1.165, 1.54) is 12.1 Å². The standard InChI is InChI=1S/C24H28N2O4/c1-4-26(5-2)14-8-9-15(3)25-24(30)19-13-12-18-20(23(19)29)22(28)17-11-7-6-10-16(17)21(18)27/h6-7,10-13,15,29H,4-5,8-9,14H2,1-3H3,(H,25,30). The van der Waals surface area contributed by atoms with Crippen molar-refractivity contribution in [2.45, 2.75) is 39.7 Å². The number of nitrogens with zero attached hydrogens (tertiary/aromatic N) is 1. The number of hydrogen-bond acceptors (Lipinski definition) is 5. The molecule has 6 nitrogen and oxygen atoms in total. The van der Waals surface area contributed by atoms with Crippen molar-refractivity contribution in [3.05, 3.63) is 64.2 Å². The van der Waals surface area contributed by atoms with E-state index in [2.05, 4.69) is 24.1 Å². The van der Waals surface area contributed by atoms with E-state index >= 15 is 0 Å². The Morgan fingerprint density at radius 2 is 1.63 bits per heavy atom. The Kier molecular flexibility index (Phi) is 6.67. The highest BCUT2D eigenvalue weighted by molar-refractivity contribution is 6.30. The first kappa shape index (κ1) is 21.7. The van der Waals surface area contributed by atoms with E-state index in [4.69, 9.17) is 0 Å². The molecule has 0 fully saturated rings. The highest BCUT2D eigenvalue weighted by Crippen LogP contribution is 2.34. The lowest BCUT2D eigenvalue weighted by molar-refractivity contribution is 0.0932. The fraction of sp³-hybridized carbons (Fsp3) is 0.375. The maximum atomic E-state index is 12.9. The van der Waals surface area contributed by atoms with Gasteiger partial charge in [0, 0.05) is 22.7 Å². The predicted octanol–water partition coefficient (Wildman–Crippen LogP) is 3.41. The third kappa shape index (κ3) is 4.14. The lowest BCUT2D eigenvalue weighted by atomic mass is 9.82. The number of fused-ring (bicyclic) bond motifs is 2. The van der Waals surface area contributed by atoms with Crippen LogP contribution in [0.4, 0.5) is 0 Å². The number of benzene rings is 2. The molecule has 3 rings (SSSR count). The van der Waals surface area contributed by atoms with Crippen LogP contribution in [0.5, 0.6) is 5.75 Å². The van der Waals surface area contributed by atoms with E-state index in [-0.39, 0.29) is 34.1 Å². The quantitative estimate of drug-likeness (QED) is 0.597. The van der Waals surface area contributed by atoms with Gasteiger partial charge in [-0.15, -0.1) is 0 Å². The molecule has 30 heavy (non-hydrogen) atoms. The van der Waals surface area contributed by atoms with Crippen molar-refractivity contribution in [3.63, 3.8) is 0 Å². The molecule has 0 saturated carbocycles. The monoisotopic (exact) mass is 408 g/mol. The fourth-order valence-electron chi connectivity index (χ4n) is 3.89. The largest absolute Gasteiger partial charge is 0.506 e. The van der Waals surface area contributed by atoms with Gasteiger partial charge in [0.1, 0.15) is 5.75 Å². The molecule has 1 atom stereocenters. The molecule has 1 unspecified atom stereocenters. The van der Waals surface area contributed by atoms with Crippen LogP contribution in [0.1, 0.15) is 75.8 Å². The van der Waals surface area contributed by atoms with Crippen molar-refractivity contribution in [1.29, 1.82) is 0 Å². The van der Waals surface area contributed by atoms with Gasteiger partial charge in [0.25, 0.3) is 5.91 Å². The summed E-state index contributed by atoms with van der Waals surface area (Å²) in [6.07, 6.45) is 1.75. The lowest BCUT2D eigenvalue weighted by Gasteiger charge is -2.21. The van der Waals surface area contributed by atoms with Gasteiger partial charge in [-0.1, -0.05) is 38.1 Å². The van der Waals surface area contributed by atoms with Gasteiger partial charge in [-0.25, -0.2) is 0 Å². The Bertz CT molecular complexity index is 979. The van der Waals surface area contributed by atoms with Crippen molar-refractivity contribution >= 4 is 17.5 Å². The Labute approximate surface area is 176 Å². The number of ketones is 2. The molecule has 1 amide bonds. The highest BCUT2D eigenvalue weighted by Gasteiger charge is 2.33. The Morgan fingerprint density at radius 3 is 2.27 bits per heavy atom. The molecule has 2 aromatic carbocycles. The van der Waals surface area contributed by atoms with Crippen LogP contribution >= 0.6 is 0 Å². The maximum Gasteiger partial charge on any atom is 0.255 e. The summed E-state index contributed by atoms with van der Waals surface area (Å²) in [7, 11) is 0. The zero-order chi connectivity index (χ0) is 21.8. The second-order valence-corrected chi connectivity index (χ2v) is 7.63. The van der Waals surface area contributed by atoms with E-state index in [1.807, 2.05) is 6.92 Å². The molecule has 0 radical (unpaired) electrons. The SMILES string of the molecule is CCN(CC)CCCC(C)NC(=O)c1ccc2c(c1O)C(=O)c1ccccc1C2=O. The van der Waals surface area contributed by atoms with Crippen LogP contribution in [0.15, 0.2) is 36.4 Å². The average molecular weight is 408 g/mol. The summed E-state index contributed by atoms with van der Waals surface area (Å²) in [5.41, 5.74) is 0.589. The molecular weight excluding hydrogens is 380 g/mol. The van der Waals surface area contributed by atoms with Crippen LogP contribution in [-0.4, -0.2) is 53.2 Å². The van der Waals surface area contributed by atoms with E-state index in [1.54, 1.807) is 24.3 Å². The molecule has 1 aliphatic rings. The number of aromatic hydroxyl groups is 1. The highest BCUT2D eigenvalue weighted by atomic mass is 16.3. The molecular formula is C24H28N2O4. The normalized spacial score (nSPS) is 13.7. The third-order valence-corrected chi connectivity index (χ3v) is 5.69. The van der Waals surface area contributed by atoms with Crippen molar-refractivity contribution < 1.29 is 19.5 Å². The smallest absolute Gasteiger partial charge is 0.255 e. The van der Waals surface area contributed by atoms with Gasteiger partial charge < -0.3 is 15.3 Å². The van der Waals surface area contributed by atoms with Crippen molar-refractivity contribution in [3.8, 4) is 5.75 Å². The van der Waals surface area contributed by atoms with Gasteiger partial charge in [-0.05, 0) is 51.5 Å². The van der Waals surface area contributed by atoms with Gasteiger partial charge >= 0.3 is 0 Å². The van der Waals surface area contributed by atoms with Crippen molar-refractivity contribution in [2.75, 3.05) is 19.6 Å². The summed E-state index contributed by atoms with van der Waals surface area (Å²) < 4.78 is 0. The Balaban J connectivity index is 1.76. The maximum absolute atomic E-state index is 12.9. The van der Waals surface area contributed by atoms with Crippen LogP contribution in [0.3, 0.4) is 0 Å². The topological polar surface area (TPSA) is 86.7 Å². The van der Waals surface area contributed by atoms with Crippen LogP contribution in [0, 0.1) is 0 Å². The van der Waals surface area contributed by atoms with E-state index in [9.17, 15) is 19.5 Å². The molecule has 0 aromatic heterocycles. The van der Waals surface area contributed by atoms with Crippen LogP contribution in [0.2, 0.25) is 0 Å². The minimum atomic E-state index is -0.454. The number of nitrogens with one attached hydrogen (secondary N) is 1. The van der Waals surface area contributed by atoms with Crippen molar-refractivity contribution in [1.82, 2.24) is 10.2 Å². The Hall–Kier alpha value is -2.99. The molecule has 0 heterocycles. The molecule has 2 N–H and O–H groups in total. The van der Waals surface area contributed by atoms with Gasteiger partial charge in [0.05, 0.1) is 11.1 Å². The van der Waals surface area contributed by atoms with Gasteiger partial charge in [0.2, 0.25) is 0 Å².